The first-order chi connectivity index (χ1) is 12.7. The predicted octanol–water partition coefficient (Wildman–Crippen LogP) is 4.05. The zero-order chi connectivity index (χ0) is 19.8. The molecule has 0 aromatic carbocycles. The Balaban J connectivity index is 1.62. The normalized spacial score (nSPS) is 19.9. The van der Waals surface area contributed by atoms with Crippen molar-refractivity contribution in [2.24, 2.45) is 5.92 Å². The molecule has 150 valence electrons. The average molecular weight is 373 g/mol. The van der Waals surface area contributed by atoms with E-state index in [0.29, 0.717) is 12.6 Å². The van der Waals surface area contributed by atoms with Crippen molar-refractivity contribution in [1.29, 1.82) is 0 Å². The molecule has 0 radical (unpaired) electrons. The Bertz CT molecular complexity index is 677. The van der Waals surface area contributed by atoms with Gasteiger partial charge in [0.1, 0.15) is 0 Å². The molecule has 3 heterocycles. The molecular formula is C22H36N4O. The Hall–Kier alpha value is -1.62. The molecule has 0 N–H and O–H groups in total. The van der Waals surface area contributed by atoms with Crippen LogP contribution in [0.1, 0.15) is 58.3 Å². The molecule has 5 nitrogen and oxygen atoms in total. The zero-order valence-electron chi connectivity index (χ0n) is 18.0. The molecule has 0 spiro atoms. The number of nitrogens with zero attached hydrogens (tertiary/aromatic N) is 4. The van der Waals surface area contributed by atoms with Gasteiger partial charge in [0.25, 0.3) is 0 Å². The fourth-order valence-corrected chi connectivity index (χ4v) is 4.30. The number of likely N-dealkylation sites (tertiary alicyclic amines) is 1. The third kappa shape index (κ3) is 4.29. The molecule has 2 aliphatic heterocycles. The van der Waals surface area contributed by atoms with Crippen LogP contribution in [0.5, 0.6) is 0 Å². The number of hydrogen-bond acceptors (Lipinski definition) is 3. The van der Waals surface area contributed by atoms with Crippen molar-refractivity contribution < 1.29 is 4.79 Å². The van der Waals surface area contributed by atoms with Gasteiger partial charge in [-0.15, -0.1) is 0 Å². The van der Waals surface area contributed by atoms with Crippen LogP contribution < -0.4 is 4.90 Å². The van der Waals surface area contributed by atoms with Crippen LogP contribution in [-0.2, 0) is 5.41 Å². The summed E-state index contributed by atoms with van der Waals surface area (Å²) >= 11 is 0. The highest BCUT2D eigenvalue weighted by atomic mass is 16.2. The van der Waals surface area contributed by atoms with Crippen LogP contribution in [0.3, 0.4) is 0 Å². The zero-order valence-corrected chi connectivity index (χ0v) is 18.0. The van der Waals surface area contributed by atoms with Crippen molar-refractivity contribution in [3.63, 3.8) is 0 Å². The number of fused-ring (bicyclic) bond motifs is 1. The minimum Gasteiger partial charge on any atom is -0.324 e. The lowest BCUT2D eigenvalue weighted by Crippen LogP contribution is -2.50. The third-order valence-corrected chi connectivity index (χ3v) is 6.15. The molecule has 2 amide bonds. The molecule has 1 aromatic heterocycles. The molecule has 0 unspecified atom stereocenters. The predicted molar refractivity (Wildman–Crippen MR) is 111 cm³/mol. The van der Waals surface area contributed by atoms with E-state index < -0.39 is 0 Å². The summed E-state index contributed by atoms with van der Waals surface area (Å²) in [6, 6.07) is 4.82. The highest BCUT2D eigenvalue weighted by Gasteiger charge is 2.41. The van der Waals surface area contributed by atoms with E-state index >= 15 is 0 Å². The molecule has 2 aliphatic rings. The largest absolute Gasteiger partial charge is 0.324 e. The molecule has 1 fully saturated rings. The molecule has 1 aromatic rings. The lowest BCUT2D eigenvalue weighted by molar-refractivity contribution is 0.134. The van der Waals surface area contributed by atoms with Gasteiger partial charge in [-0.1, -0.05) is 27.7 Å². The summed E-state index contributed by atoms with van der Waals surface area (Å²) in [7, 11) is 2.23. The third-order valence-electron chi connectivity index (χ3n) is 6.15. The number of rotatable bonds is 4. The Morgan fingerprint density at radius 1 is 1.30 bits per heavy atom. The van der Waals surface area contributed by atoms with Gasteiger partial charge in [0, 0.05) is 36.8 Å². The number of anilines is 1. The van der Waals surface area contributed by atoms with Gasteiger partial charge in [0.15, 0.2) is 0 Å². The molecule has 5 heteroatoms. The molecule has 0 atom stereocenters. The number of carbonyl (C=O) groups is 1. The summed E-state index contributed by atoms with van der Waals surface area (Å²) in [6.07, 6.45) is 3.37. The Morgan fingerprint density at radius 2 is 1.96 bits per heavy atom. The molecule has 27 heavy (non-hydrogen) atoms. The summed E-state index contributed by atoms with van der Waals surface area (Å²) in [5.74, 6) is 0.741. The first kappa shape index (κ1) is 20.1. The maximum absolute atomic E-state index is 13.2. The number of hydrogen-bond donors (Lipinski definition) is 0. The summed E-state index contributed by atoms with van der Waals surface area (Å²) in [6.45, 7) is 14.5. The lowest BCUT2D eigenvalue weighted by atomic mass is 9.91. The van der Waals surface area contributed by atoms with Crippen molar-refractivity contribution >= 4 is 11.7 Å². The Kier molecular flexibility index (Phi) is 5.80. The van der Waals surface area contributed by atoms with Crippen LogP contribution in [0.2, 0.25) is 0 Å². The van der Waals surface area contributed by atoms with Gasteiger partial charge in [0.2, 0.25) is 0 Å². The lowest BCUT2D eigenvalue weighted by Gasteiger charge is -2.38. The maximum atomic E-state index is 13.2. The van der Waals surface area contributed by atoms with E-state index in [4.69, 9.17) is 4.98 Å². The molecule has 0 bridgehead atoms. The highest BCUT2D eigenvalue weighted by Crippen LogP contribution is 2.39. The fraction of sp³-hybridized carbons (Fsp3) is 0.727. The SMILES string of the molecule is Cc1ccc2c(n1)C(C)(C)CN2C(=O)N1CCC(N(C)CCC(C)C)CC1. The number of pyridine rings is 1. The average Bonchev–Trinajstić information content (AvgIpc) is 2.90. The van der Waals surface area contributed by atoms with E-state index in [1.807, 2.05) is 22.8 Å². The summed E-state index contributed by atoms with van der Waals surface area (Å²) in [5.41, 5.74) is 2.97. The smallest absolute Gasteiger partial charge is 0.324 e. The number of aromatic nitrogens is 1. The van der Waals surface area contributed by atoms with Crippen molar-refractivity contribution in [1.82, 2.24) is 14.8 Å². The van der Waals surface area contributed by atoms with E-state index in [9.17, 15) is 4.79 Å². The van der Waals surface area contributed by atoms with Crippen molar-refractivity contribution in [3.8, 4) is 0 Å². The molecule has 1 saturated heterocycles. The number of urea groups is 1. The van der Waals surface area contributed by atoms with E-state index in [1.54, 1.807) is 0 Å². The van der Waals surface area contributed by atoms with Crippen molar-refractivity contribution in [2.75, 3.05) is 38.1 Å². The fourth-order valence-electron chi connectivity index (χ4n) is 4.30. The number of amides is 2. The van der Waals surface area contributed by atoms with Crippen LogP contribution >= 0.6 is 0 Å². The first-order valence-electron chi connectivity index (χ1n) is 10.4. The molecule has 0 aliphatic carbocycles. The minimum atomic E-state index is -0.0909. The molecule has 0 saturated carbocycles. The van der Waals surface area contributed by atoms with E-state index in [-0.39, 0.29) is 11.4 Å². The van der Waals surface area contributed by atoms with Crippen molar-refractivity contribution in [2.45, 2.75) is 65.3 Å². The van der Waals surface area contributed by atoms with Gasteiger partial charge < -0.3 is 9.80 Å². The number of carbonyl (C=O) groups excluding carboxylic acids is 1. The second-order valence-electron chi connectivity index (χ2n) is 9.45. The molecule has 3 rings (SSSR count). The van der Waals surface area contributed by atoms with Crippen LogP contribution in [0.15, 0.2) is 12.1 Å². The van der Waals surface area contributed by atoms with Gasteiger partial charge in [0.05, 0.1) is 11.4 Å². The minimum absolute atomic E-state index is 0.0909. The van der Waals surface area contributed by atoms with Gasteiger partial charge in [-0.05, 0) is 57.8 Å². The summed E-state index contributed by atoms with van der Waals surface area (Å²) < 4.78 is 0. The van der Waals surface area contributed by atoms with Gasteiger partial charge in [-0.25, -0.2) is 4.79 Å². The van der Waals surface area contributed by atoms with Gasteiger partial charge in [-0.2, -0.15) is 0 Å². The van der Waals surface area contributed by atoms with E-state index in [0.717, 1.165) is 55.5 Å². The Morgan fingerprint density at radius 3 is 2.59 bits per heavy atom. The monoisotopic (exact) mass is 372 g/mol. The van der Waals surface area contributed by atoms with Crippen LogP contribution in [-0.4, -0.2) is 60.1 Å². The maximum Gasteiger partial charge on any atom is 0.324 e. The van der Waals surface area contributed by atoms with E-state index in [1.165, 1.54) is 6.42 Å². The second-order valence-corrected chi connectivity index (χ2v) is 9.45. The Labute approximate surface area is 164 Å². The quantitative estimate of drug-likeness (QED) is 0.800. The summed E-state index contributed by atoms with van der Waals surface area (Å²) in [4.78, 5) is 24.5. The standard InChI is InChI=1S/C22H36N4O/c1-16(2)9-12-24(6)18-10-13-25(14-11-18)21(27)26-15-22(4,5)20-19(26)8-7-17(3)23-20/h7-8,16,18H,9-15H2,1-6H3. The van der Waals surface area contributed by atoms with Gasteiger partial charge in [-0.3, -0.25) is 9.88 Å². The summed E-state index contributed by atoms with van der Waals surface area (Å²) in [5, 5.41) is 0. The van der Waals surface area contributed by atoms with E-state index in [2.05, 4.69) is 45.7 Å². The number of aryl methyl sites for hydroxylation is 1. The van der Waals surface area contributed by atoms with Crippen LogP contribution in [0, 0.1) is 12.8 Å². The van der Waals surface area contributed by atoms with Crippen LogP contribution in [0.25, 0.3) is 0 Å². The van der Waals surface area contributed by atoms with Crippen molar-refractivity contribution in [3.05, 3.63) is 23.5 Å². The number of piperidine rings is 1. The topological polar surface area (TPSA) is 39.7 Å². The van der Waals surface area contributed by atoms with Crippen LogP contribution in [0.4, 0.5) is 10.5 Å². The highest BCUT2D eigenvalue weighted by molar-refractivity contribution is 5.94. The first-order valence-corrected chi connectivity index (χ1v) is 10.4. The molecular weight excluding hydrogens is 336 g/mol. The second kappa shape index (κ2) is 7.78. The van der Waals surface area contributed by atoms with Gasteiger partial charge >= 0.3 is 6.03 Å².